The molecular formula is C8H11ClIN3O2. The van der Waals surface area contributed by atoms with E-state index in [0.29, 0.717) is 35.0 Å². The van der Waals surface area contributed by atoms with Gasteiger partial charge in [0.25, 0.3) is 5.56 Å². The molecule has 84 valence electrons. The first-order valence-electron chi connectivity index (χ1n) is 4.36. The number of aromatic amines is 1. The Morgan fingerprint density at radius 2 is 2.40 bits per heavy atom. The SMILES string of the molecule is O=c1[nH]cnc(NCCOCCCl)c1I. The predicted molar refractivity (Wildman–Crippen MR) is 67.6 cm³/mol. The van der Waals surface area contributed by atoms with Crippen molar-refractivity contribution < 1.29 is 4.74 Å². The third kappa shape index (κ3) is 4.35. The van der Waals surface area contributed by atoms with Gasteiger partial charge in [-0.1, -0.05) is 0 Å². The van der Waals surface area contributed by atoms with E-state index in [-0.39, 0.29) is 5.56 Å². The molecule has 0 amide bonds. The van der Waals surface area contributed by atoms with E-state index in [1.165, 1.54) is 6.33 Å². The smallest absolute Gasteiger partial charge is 0.266 e. The molecule has 1 rings (SSSR count). The first-order valence-corrected chi connectivity index (χ1v) is 5.98. The van der Waals surface area contributed by atoms with Crippen molar-refractivity contribution in [3.05, 3.63) is 20.3 Å². The fourth-order valence-electron chi connectivity index (χ4n) is 0.904. The van der Waals surface area contributed by atoms with E-state index in [1.807, 2.05) is 22.6 Å². The van der Waals surface area contributed by atoms with E-state index in [1.54, 1.807) is 0 Å². The van der Waals surface area contributed by atoms with E-state index in [9.17, 15) is 4.79 Å². The summed E-state index contributed by atoms with van der Waals surface area (Å²) in [5.41, 5.74) is -0.144. The van der Waals surface area contributed by atoms with Crippen molar-refractivity contribution in [1.29, 1.82) is 0 Å². The minimum absolute atomic E-state index is 0.144. The third-order valence-electron chi connectivity index (χ3n) is 1.56. The molecule has 0 saturated carbocycles. The van der Waals surface area contributed by atoms with Gasteiger partial charge in [0.15, 0.2) is 0 Å². The Kier molecular flexibility index (Phi) is 5.96. The van der Waals surface area contributed by atoms with Gasteiger partial charge in [0.1, 0.15) is 9.39 Å². The number of ether oxygens (including phenoxy) is 1. The molecule has 0 aliphatic heterocycles. The topological polar surface area (TPSA) is 67.0 Å². The van der Waals surface area contributed by atoms with E-state index >= 15 is 0 Å². The maximum Gasteiger partial charge on any atom is 0.266 e. The number of halogens is 2. The van der Waals surface area contributed by atoms with Gasteiger partial charge in [-0.3, -0.25) is 4.79 Å². The molecular weight excluding hydrogens is 332 g/mol. The van der Waals surface area contributed by atoms with Crippen molar-refractivity contribution >= 4 is 40.0 Å². The summed E-state index contributed by atoms with van der Waals surface area (Å²) < 4.78 is 5.71. The van der Waals surface area contributed by atoms with Gasteiger partial charge in [-0.2, -0.15) is 0 Å². The van der Waals surface area contributed by atoms with Gasteiger partial charge in [0.05, 0.1) is 19.5 Å². The quantitative estimate of drug-likeness (QED) is 0.460. The van der Waals surface area contributed by atoms with Crippen LogP contribution in [0.2, 0.25) is 0 Å². The minimum Gasteiger partial charge on any atom is -0.378 e. The first-order chi connectivity index (χ1) is 7.25. The van der Waals surface area contributed by atoms with Crippen LogP contribution in [0.4, 0.5) is 5.82 Å². The summed E-state index contributed by atoms with van der Waals surface area (Å²) >= 11 is 7.38. The molecule has 0 aliphatic carbocycles. The van der Waals surface area contributed by atoms with Crippen molar-refractivity contribution in [2.75, 3.05) is 31.0 Å². The average Bonchev–Trinajstić information content (AvgIpc) is 2.24. The highest BCUT2D eigenvalue weighted by atomic mass is 127. The van der Waals surface area contributed by atoms with Crippen LogP contribution in [0.3, 0.4) is 0 Å². The standard InChI is InChI=1S/C8H11ClIN3O2/c9-1-3-15-4-2-11-7-6(10)8(14)13-5-12-7/h5H,1-4H2,(H2,11,12,13,14). The van der Waals surface area contributed by atoms with Crippen LogP contribution in [0.5, 0.6) is 0 Å². The van der Waals surface area contributed by atoms with E-state index in [2.05, 4.69) is 15.3 Å². The normalized spacial score (nSPS) is 10.3. The average molecular weight is 344 g/mol. The Balaban J connectivity index is 2.38. The van der Waals surface area contributed by atoms with E-state index in [4.69, 9.17) is 16.3 Å². The summed E-state index contributed by atoms with van der Waals surface area (Å²) in [5.74, 6) is 1.06. The van der Waals surface area contributed by atoms with Gasteiger partial charge >= 0.3 is 0 Å². The lowest BCUT2D eigenvalue weighted by molar-refractivity contribution is 0.160. The zero-order valence-corrected chi connectivity index (χ0v) is 10.8. The minimum atomic E-state index is -0.144. The molecule has 0 saturated heterocycles. The van der Waals surface area contributed by atoms with Crippen LogP contribution in [0.1, 0.15) is 0 Å². The molecule has 0 fully saturated rings. The van der Waals surface area contributed by atoms with Gasteiger partial charge in [-0.15, -0.1) is 11.6 Å². The van der Waals surface area contributed by atoms with Crippen LogP contribution in [0, 0.1) is 3.57 Å². The number of H-pyrrole nitrogens is 1. The summed E-state index contributed by atoms with van der Waals surface area (Å²) in [6.45, 7) is 1.67. The Hall–Kier alpha value is -0.340. The van der Waals surface area contributed by atoms with E-state index < -0.39 is 0 Å². The number of nitrogens with one attached hydrogen (secondary N) is 2. The summed E-state index contributed by atoms with van der Waals surface area (Å²) in [4.78, 5) is 17.7. The zero-order valence-electron chi connectivity index (χ0n) is 7.93. The van der Waals surface area contributed by atoms with Gasteiger partial charge < -0.3 is 15.0 Å². The van der Waals surface area contributed by atoms with Crippen molar-refractivity contribution in [2.24, 2.45) is 0 Å². The van der Waals surface area contributed by atoms with Crippen LogP contribution >= 0.6 is 34.2 Å². The summed E-state index contributed by atoms with van der Waals surface area (Å²) in [5, 5.41) is 3.01. The Labute approximate surface area is 106 Å². The van der Waals surface area contributed by atoms with Crippen LogP contribution in [0.25, 0.3) is 0 Å². The lowest BCUT2D eigenvalue weighted by atomic mass is 10.5. The fourth-order valence-corrected chi connectivity index (χ4v) is 1.50. The second kappa shape index (κ2) is 7.02. The molecule has 0 bridgehead atoms. The number of rotatable bonds is 6. The second-order valence-corrected chi connectivity index (χ2v) is 4.08. The van der Waals surface area contributed by atoms with Crippen molar-refractivity contribution in [1.82, 2.24) is 9.97 Å². The van der Waals surface area contributed by atoms with Gasteiger partial charge in [-0.05, 0) is 22.6 Å². The molecule has 0 aromatic carbocycles. The molecule has 5 nitrogen and oxygen atoms in total. The Morgan fingerprint density at radius 1 is 1.60 bits per heavy atom. The first kappa shape index (κ1) is 12.7. The molecule has 0 spiro atoms. The number of nitrogens with zero attached hydrogens (tertiary/aromatic N) is 1. The highest BCUT2D eigenvalue weighted by molar-refractivity contribution is 14.1. The fraction of sp³-hybridized carbons (Fsp3) is 0.500. The Bertz CT molecular complexity index is 358. The van der Waals surface area contributed by atoms with Crippen molar-refractivity contribution in [3.63, 3.8) is 0 Å². The number of alkyl halides is 1. The lowest BCUT2D eigenvalue weighted by Crippen LogP contribution is -2.17. The number of hydrogen-bond donors (Lipinski definition) is 2. The zero-order chi connectivity index (χ0) is 11.1. The van der Waals surface area contributed by atoms with Gasteiger partial charge in [0, 0.05) is 12.4 Å². The molecule has 0 atom stereocenters. The summed E-state index contributed by atoms with van der Waals surface area (Å²) in [7, 11) is 0. The van der Waals surface area contributed by atoms with Crippen LogP contribution in [-0.4, -0.2) is 35.6 Å². The van der Waals surface area contributed by atoms with Gasteiger partial charge in [-0.25, -0.2) is 4.98 Å². The number of anilines is 1. The molecule has 0 radical (unpaired) electrons. The highest BCUT2D eigenvalue weighted by Crippen LogP contribution is 2.07. The summed E-state index contributed by atoms with van der Waals surface area (Å²) in [6.07, 6.45) is 1.37. The molecule has 2 N–H and O–H groups in total. The predicted octanol–water partition coefficient (Wildman–Crippen LogP) is 1.04. The third-order valence-corrected chi connectivity index (χ3v) is 2.71. The second-order valence-electron chi connectivity index (χ2n) is 2.62. The lowest BCUT2D eigenvalue weighted by Gasteiger charge is -2.06. The molecule has 7 heteroatoms. The highest BCUT2D eigenvalue weighted by Gasteiger charge is 2.03. The monoisotopic (exact) mass is 343 g/mol. The molecule has 0 aliphatic rings. The molecule has 15 heavy (non-hydrogen) atoms. The maximum absolute atomic E-state index is 11.2. The molecule has 1 aromatic rings. The van der Waals surface area contributed by atoms with Crippen molar-refractivity contribution in [2.45, 2.75) is 0 Å². The van der Waals surface area contributed by atoms with Crippen LogP contribution < -0.4 is 10.9 Å². The molecule has 1 heterocycles. The van der Waals surface area contributed by atoms with Crippen LogP contribution in [0.15, 0.2) is 11.1 Å². The number of hydrogen-bond acceptors (Lipinski definition) is 4. The number of aromatic nitrogens is 2. The Morgan fingerprint density at radius 3 is 3.13 bits per heavy atom. The molecule has 1 aromatic heterocycles. The molecule has 0 unspecified atom stereocenters. The van der Waals surface area contributed by atoms with E-state index in [0.717, 1.165) is 0 Å². The maximum atomic E-state index is 11.2. The van der Waals surface area contributed by atoms with Crippen LogP contribution in [-0.2, 0) is 4.74 Å². The largest absolute Gasteiger partial charge is 0.378 e. The van der Waals surface area contributed by atoms with Gasteiger partial charge in [0.2, 0.25) is 0 Å². The summed E-state index contributed by atoms with van der Waals surface area (Å²) in [6, 6.07) is 0. The van der Waals surface area contributed by atoms with Crippen molar-refractivity contribution in [3.8, 4) is 0 Å².